The zero-order valence-corrected chi connectivity index (χ0v) is 19.3. The lowest BCUT2D eigenvalue weighted by molar-refractivity contribution is 0.381. The molecule has 2 aromatic carbocycles. The van der Waals surface area contributed by atoms with Crippen molar-refractivity contribution in [2.24, 2.45) is 10.7 Å². The second-order valence-corrected chi connectivity index (χ2v) is 8.15. The van der Waals surface area contributed by atoms with Crippen LogP contribution in [0.3, 0.4) is 0 Å². The Morgan fingerprint density at radius 2 is 2.06 bits per heavy atom. The summed E-state index contributed by atoms with van der Waals surface area (Å²) in [5.41, 5.74) is 7.65. The number of rotatable bonds is 3. The molecule has 1 aliphatic heterocycles. The summed E-state index contributed by atoms with van der Waals surface area (Å²) in [5.74, 6) is -0.184. The van der Waals surface area contributed by atoms with Crippen LogP contribution in [0.4, 0.5) is 10.2 Å². The Kier molecular flexibility index (Phi) is 5.35. The van der Waals surface area contributed by atoms with Crippen molar-refractivity contribution in [3.8, 4) is 23.1 Å². The summed E-state index contributed by atoms with van der Waals surface area (Å²) in [6, 6.07) is 7.39. The second-order valence-electron chi connectivity index (χ2n) is 8.15. The lowest BCUT2D eigenvalue weighted by Crippen LogP contribution is -2.24. The van der Waals surface area contributed by atoms with Crippen LogP contribution in [0.2, 0.25) is 0 Å². The lowest BCUT2D eigenvalue weighted by Gasteiger charge is -2.19. The Morgan fingerprint density at radius 1 is 1.26 bits per heavy atom. The van der Waals surface area contributed by atoms with Crippen LogP contribution in [0, 0.1) is 12.7 Å². The van der Waals surface area contributed by atoms with Crippen molar-refractivity contribution in [2.45, 2.75) is 6.92 Å². The van der Waals surface area contributed by atoms with Crippen molar-refractivity contribution in [2.75, 3.05) is 32.1 Å². The van der Waals surface area contributed by atoms with Gasteiger partial charge >= 0.3 is 11.6 Å². The SMILES string of the molecule is CN=C1CN(c2nc(OC)nc3c(C)c(-c4cc(O)cc5cccc(F)c45)oc(=O)c23)C/C1=C/N. The highest BCUT2D eigenvalue weighted by Gasteiger charge is 2.29. The molecule has 0 spiro atoms. The number of fused-ring (bicyclic) bond motifs is 2. The van der Waals surface area contributed by atoms with Gasteiger partial charge in [-0.1, -0.05) is 12.1 Å². The summed E-state index contributed by atoms with van der Waals surface area (Å²) in [7, 11) is 3.10. The highest BCUT2D eigenvalue weighted by Crippen LogP contribution is 2.38. The van der Waals surface area contributed by atoms with E-state index in [0.29, 0.717) is 35.4 Å². The molecule has 178 valence electrons. The van der Waals surface area contributed by atoms with Crippen LogP contribution in [0.25, 0.3) is 33.0 Å². The van der Waals surface area contributed by atoms with Gasteiger partial charge in [0.05, 0.1) is 24.9 Å². The second kappa shape index (κ2) is 8.39. The first kappa shape index (κ1) is 22.3. The van der Waals surface area contributed by atoms with E-state index in [1.807, 2.05) is 4.90 Å². The fraction of sp³-hybridized carbons (Fsp3) is 0.200. The number of anilines is 1. The molecule has 10 heteroatoms. The highest BCUT2D eigenvalue weighted by molar-refractivity contribution is 6.08. The minimum Gasteiger partial charge on any atom is -0.508 e. The molecule has 0 aliphatic carbocycles. The number of methoxy groups -OCH3 is 1. The number of aromatic nitrogens is 2. The van der Waals surface area contributed by atoms with Gasteiger partial charge in [0.25, 0.3) is 0 Å². The van der Waals surface area contributed by atoms with Gasteiger partial charge in [0.1, 0.15) is 22.7 Å². The molecular weight excluding hydrogens is 453 g/mol. The average molecular weight is 475 g/mol. The van der Waals surface area contributed by atoms with Gasteiger partial charge < -0.3 is 24.9 Å². The summed E-state index contributed by atoms with van der Waals surface area (Å²) in [6.45, 7) is 2.49. The maximum atomic E-state index is 14.9. The fourth-order valence-electron chi connectivity index (χ4n) is 4.49. The van der Waals surface area contributed by atoms with Crippen LogP contribution in [-0.2, 0) is 0 Å². The molecule has 9 nitrogen and oxygen atoms in total. The maximum Gasteiger partial charge on any atom is 0.349 e. The van der Waals surface area contributed by atoms with Gasteiger partial charge in [-0.05, 0) is 30.5 Å². The molecule has 1 fully saturated rings. The van der Waals surface area contributed by atoms with E-state index in [4.69, 9.17) is 14.9 Å². The minimum atomic E-state index is -0.703. The Hall–Kier alpha value is -4.47. The number of hydrogen-bond donors (Lipinski definition) is 2. The first-order valence-electron chi connectivity index (χ1n) is 10.8. The average Bonchev–Trinajstić information content (AvgIpc) is 3.28. The number of nitrogens with two attached hydrogens (primary N) is 1. The van der Waals surface area contributed by atoms with Crippen molar-refractivity contribution < 1.29 is 18.7 Å². The van der Waals surface area contributed by atoms with Gasteiger partial charge in [-0.3, -0.25) is 4.99 Å². The van der Waals surface area contributed by atoms with Gasteiger partial charge in [-0.25, -0.2) is 9.18 Å². The Labute approximate surface area is 199 Å². The molecule has 35 heavy (non-hydrogen) atoms. The molecule has 5 rings (SSSR count). The van der Waals surface area contributed by atoms with E-state index in [-0.39, 0.29) is 33.9 Å². The molecule has 3 heterocycles. The third kappa shape index (κ3) is 3.54. The van der Waals surface area contributed by atoms with Crippen molar-refractivity contribution in [1.29, 1.82) is 0 Å². The number of nitrogens with zero attached hydrogens (tertiary/aromatic N) is 4. The summed E-state index contributed by atoms with van der Waals surface area (Å²) >= 11 is 0. The van der Waals surface area contributed by atoms with E-state index >= 15 is 0 Å². The van der Waals surface area contributed by atoms with Crippen LogP contribution in [-0.4, -0.2) is 48.0 Å². The van der Waals surface area contributed by atoms with Crippen LogP contribution in [0.5, 0.6) is 11.8 Å². The standard InChI is InChI=1S/C25H22FN5O4/c1-12-21-20(23(30-25(29-21)34-3)31-10-14(9-27)18(11-31)28-2)24(33)35-22(12)16-8-15(32)7-13-5-4-6-17(26)19(13)16/h4-9,32H,10-11,27H2,1-3H3/b14-9-,28-18?. The summed E-state index contributed by atoms with van der Waals surface area (Å²) < 4.78 is 25.9. The predicted molar refractivity (Wildman–Crippen MR) is 132 cm³/mol. The van der Waals surface area contributed by atoms with Gasteiger partial charge in [0.15, 0.2) is 5.82 Å². The number of ether oxygens (including phenoxy) is 1. The fourth-order valence-corrected chi connectivity index (χ4v) is 4.49. The van der Waals surface area contributed by atoms with Crippen molar-refractivity contribution in [3.63, 3.8) is 0 Å². The monoisotopic (exact) mass is 475 g/mol. The molecular formula is C25H22FN5O4. The summed E-state index contributed by atoms with van der Waals surface area (Å²) in [5, 5.41) is 11.1. The molecule has 0 radical (unpaired) electrons. The lowest BCUT2D eigenvalue weighted by atomic mass is 9.98. The molecule has 3 N–H and O–H groups in total. The predicted octanol–water partition coefficient (Wildman–Crippen LogP) is 3.30. The van der Waals surface area contributed by atoms with E-state index in [1.54, 1.807) is 26.1 Å². The molecule has 0 amide bonds. The Balaban J connectivity index is 1.81. The Bertz CT molecular complexity index is 1610. The first-order valence-corrected chi connectivity index (χ1v) is 10.8. The first-order chi connectivity index (χ1) is 16.9. The smallest absolute Gasteiger partial charge is 0.349 e. The minimum absolute atomic E-state index is 0.0549. The number of phenolic OH excluding ortho intramolecular Hbond substituents is 1. The molecule has 0 unspecified atom stereocenters. The van der Waals surface area contributed by atoms with Gasteiger partial charge in [-0.15, -0.1) is 0 Å². The van der Waals surface area contributed by atoms with E-state index in [0.717, 1.165) is 11.3 Å². The number of aromatic hydroxyl groups is 1. The number of benzene rings is 2. The molecule has 4 aromatic rings. The number of phenols is 1. The zero-order valence-electron chi connectivity index (χ0n) is 19.3. The maximum absolute atomic E-state index is 14.9. The summed E-state index contributed by atoms with van der Waals surface area (Å²) in [4.78, 5) is 28.3. The number of hydrogen-bond acceptors (Lipinski definition) is 9. The van der Waals surface area contributed by atoms with E-state index < -0.39 is 11.4 Å². The molecule has 2 aromatic heterocycles. The molecule has 0 bridgehead atoms. The number of aliphatic imine (C=N–C) groups is 1. The Morgan fingerprint density at radius 3 is 2.74 bits per heavy atom. The normalized spacial score (nSPS) is 16.2. The molecule has 0 atom stereocenters. The van der Waals surface area contributed by atoms with Crippen LogP contribution in [0.1, 0.15) is 5.56 Å². The van der Waals surface area contributed by atoms with Gasteiger partial charge in [-0.2, -0.15) is 9.97 Å². The zero-order chi connectivity index (χ0) is 24.9. The topological polar surface area (TPSA) is 127 Å². The van der Waals surface area contributed by atoms with Crippen molar-refractivity contribution in [1.82, 2.24) is 9.97 Å². The largest absolute Gasteiger partial charge is 0.508 e. The van der Waals surface area contributed by atoms with E-state index in [9.17, 15) is 14.3 Å². The quantitative estimate of drug-likeness (QED) is 0.462. The van der Waals surface area contributed by atoms with Gasteiger partial charge in [0.2, 0.25) is 0 Å². The summed E-state index contributed by atoms with van der Waals surface area (Å²) in [6.07, 6.45) is 1.48. The van der Waals surface area contributed by atoms with Crippen LogP contribution < -0.4 is 21.0 Å². The van der Waals surface area contributed by atoms with Gasteiger partial charge in [0, 0.05) is 41.9 Å². The number of aryl methyl sites for hydroxylation is 1. The molecule has 1 saturated heterocycles. The van der Waals surface area contributed by atoms with E-state index in [2.05, 4.69) is 15.0 Å². The molecule has 0 saturated carbocycles. The van der Waals surface area contributed by atoms with Crippen LogP contribution in [0.15, 0.2) is 56.3 Å². The van der Waals surface area contributed by atoms with Crippen LogP contribution >= 0.6 is 0 Å². The molecule has 1 aliphatic rings. The number of halogens is 1. The third-order valence-electron chi connectivity index (χ3n) is 6.15. The van der Waals surface area contributed by atoms with Crippen molar-refractivity contribution >= 4 is 33.2 Å². The third-order valence-corrected chi connectivity index (χ3v) is 6.15. The van der Waals surface area contributed by atoms with E-state index in [1.165, 1.54) is 31.5 Å². The highest BCUT2D eigenvalue weighted by atomic mass is 19.1. The van der Waals surface area contributed by atoms with Crippen molar-refractivity contribution in [3.05, 3.63) is 63.9 Å².